The first-order valence-corrected chi connectivity index (χ1v) is 3.75. The largest absolute Gasteiger partial charge is 0.394 e. The van der Waals surface area contributed by atoms with Gasteiger partial charge in [-0.25, -0.2) is 4.39 Å². The second-order valence-electron chi connectivity index (χ2n) is 2.74. The number of nitrogens with two attached hydrogens (primary N) is 1. The standard InChI is InChI=1S/C9H7FN2O/c10-6-3-1-2-5-8(6)12-4-7(11)9(5)13/h1-4H,11H2,(H,12,13). The van der Waals surface area contributed by atoms with Crippen molar-refractivity contribution < 1.29 is 4.39 Å². The zero-order valence-corrected chi connectivity index (χ0v) is 6.67. The van der Waals surface area contributed by atoms with Crippen LogP contribution in [0.25, 0.3) is 10.9 Å². The molecule has 3 nitrogen and oxygen atoms in total. The van der Waals surface area contributed by atoms with Gasteiger partial charge in [-0.05, 0) is 12.1 Å². The number of benzene rings is 1. The smallest absolute Gasteiger partial charge is 0.212 e. The maximum absolute atomic E-state index is 13.1. The molecule has 0 saturated heterocycles. The zero-order chi connectivity index (χ0) is 9.42. The normalized spacial score (nSPS) is 10.5. The zero-order valence-electron chi connectivity index (χ0n) is 6.67. The van der Waals surface area contributed by atoms with Gasteiger partial charge in [-0.2, -0.15) is 0 Å². The van der Waals surface area contributed by atoms with Gasteiger partial charge in [0.1, 0.15) is 5.82 Å². The van der Waals surface area contributed by atoms with Gasteiger partial charge in [0.2, 0.25) is 5.43 Å². The molecule has 2 aromatic rings. The molecule has 0 amide bonds. The summed E-state index contributed by atoms with van der Waals surface area (Å²) < 4.78 is 13.1. The Kier molecular flexibility index (Phi) is 1.55. The number of rotatable bonds is 0. The number of pyridine rings is 1. The number of aromatic nitrogens is 1. The summed E-state index contributed by atoms with van der Waals surface area (Å²) in [5.41, 5.74) is 5.32. The molecular weight excluding hydrogens is 171 g/mol. The summed E-state index contributed by atoms with van der Waals surface area (Å²) in [5.74, 6) is -0.449. The minimum absolute atomic E-state index is 0.0955. The highest BCUT2D eigenvalue weighted by molar-refractivity contribution is 5.81. The molecule has 0 saturated carbocycles. The lowest BCUT2D eigenvalue weighted by molar-refractivity contribution is 0.637. The third kappa shape index (κ3) is 1.07. The molecular formula is C9H7FN2O. The van der Waals surface area contributed by atoms with Crippen molar-refractivity contribution in [3.8, 4) is 0 Å². The van der Waals surface area contributed by atoms with Gasteiger partial charge in [0.15, 0.2) is 0 Å². The molecule has 0 radical (unpaired) electrons. The Bertz CT molecular complexity index is 518. The third-order valence-corrected chi connectivity index (χ3v) is 1.89. The predicted molar refractivity (Wildman–Crippen MR) is 48.9 cm³/mol. The van der Waals surface area contributed by atoms with Gasteiger partial charge in [-0.15, -0.1) is 0 Å². The van der Waals surface area contributed by atoms with Gasteiger partial charge in [-0.3, -0.25) is 4.79 Å². The van der Waals surface area contributed by atoms with Gasteiger partial charge < -0.3 is 10.7 Å². The van der Waals surface area contributed by atoms with E-state index in [4.69, 9.17) is 5.73 Å². The number of aromatic amines is 1. The van der Waals surface area contributed by atoms with Crippen molar-refractivity contribution in [1.29, 1.82) is 0 Å². The molecule has 1 heterocycles. The van der Waals surface area contributed by atoms with E-state index < -0.39 is 5.82 Å². The average Bonchev–Trinajstić information content (AvgIpc) is 2.12. The fraction of sp³-hybridized carbons (Fsp3) is 0. The highest BCUT2D eigenvalue weighted by Gasteiger charge is 2.04. The molecule has 4 heteroatoms. The molecule has 0 spiro atoms. The Labute approximate surface area is 73.0 Å². The van der Waals surface area contributed by atoms with E-state index in [0.717, 1.165) is 0 Å². The second kappa shape index (κ2) is 2.58. The summed E-state index contributed by atoms with van der Waals surface area (Å²) in [6.45, 7) is 0. The van der Waals surface area contributed by atoms with Crippen LogP contribution < -0.4 is 11.2 Å². The fourth-order valence-electron chi connectivity index (χ4n) is 1.23. The summed E-state index contributed by atoms with van der Waals surface area (Å²) >= 11 is 0. The average molecular weight is 178 g/mol. The lowest BCUT2D eigenvalue weighted by atomic mass is 10.2. The van der Waals surface area contributed by atoms with Crippen LogP contribution in [0.1, 0.15) is 0 Å². The molecule has 0 aliphatic rings. The van der Waals surface area contributed by atoms with Crippen LogP contribution in [0.5, 0.6) is 0 Å². The van der Waals surface area contributed by atoms with Crippen LogP contribution in [0.15, 0.2) is 29.2 Å². The Morgan fingerprint density at radius 2 is 2.15 bits per heavy atom. The van der Waals surface area contributed by atoms with Crippen LogP contribution in [0.4, 0.5) is 10.1 Å². The summed E-state index contributed by atoms with van der Waals surface area (Å²) in [7, 11) is 0. The van der Waals surface area contributed by atoms with Gasteiger partial charge in [0, 0.05) is 6.20 Å². The number of hydrogen-bond donors (Lipinski definition) is 2. The van der Waals surface area contributed by atoms with Crippen molar-refractivity contribution in [3.63, 3.8) is 0 Å². The van der Waals surface area contributed by atoms with Crippen LogP contribution in [-0.4, -0.2) is 4.98 Å². The molecule has 66 valence electrons. The minimum Gasteiger partial charge on any atom is -0.394 e. The van der Waals surface area contributed by atoms with Crippen molar-refractivity contribution in [2.45, 2.75) is 0 Å². The van der Waals surface area contributed by atoms with Crippen molar-refractivity contribution in [2.75, 3.05) is 5.73 Å². The van der Waals surface area contributed by atoms with Crippen LogP contribution in [0.2, 0.25) is 0 Å². The topological polar surface area (TPSA) is 58.9 Å². The SMILES string of the molecule is Nc1c[nH]c2c(F)cccc2c1=O. The molecule has 0 aliphatic heterocycles. The maximum Gasteiger partial charge on any atom is 0.212 e. The van der Waals surface area contributed by atoms with Gasteiger partial charge in [-0.1, -0.05) is 6.07 Å². The van der Waals surface area contributed by atoms with E-state index in [9.17, 15) is 9.18 Å². The van der Waals surface area contributed by atoms with E-state index >= 15 is 0 Å². The summed E-state index contributed by atoms with van der Waals surface area (Å²) in [5, 5.41) is 0.278. The molecule has 3 N–H and O–H groups in total. The molecule has 1 aromatic carbocycles. The Morgan fingerprint density at radius 1 is 1.38 bits per heavy atom. The number of nitrogens with one attached hydrogen (secondary N) is 1. The first kappa shape index (κ1) is 7.79. The monoisotopic (exact) mass is 178 g/mol. The van der Waals surface area contributed by atoms with E-state index in [-0.39, 0.29) is 22.0 Å². The predicted octanol–water partition coefficient (Wildman–Crippen LogP) is 1.25. The van der Waals surface area contributed by atoms with E-state index in [2.05, 4.69) is 4.98 Å². The minimum atomic E-state index is -0.449. The lowest BCUT2D eigenvalue weighted by Gasteiger charge is -1.99. The van der Waals surface area contributed by atoms with Gasteiger partial charge >= 0.3 is 0 Å². The molecule has 0 fully saturated rings. The Hall–Kier alpha value is -1.84. The number of anilines is 1. The maximum atomic E-state index is 13.1. The Morgan fingerprint density at radius 3 is 2.92 bits per heavy atom. The van der Waals surface area contributed by atoms with Crippen LogP contribution in [0.3, 0.4) is 0 Å². The van der Waals surface area contributed by atoms with Crippen molar-refractivity contribution in [2.24, 2.45) is 0 Å². The first-order chi connectivity index (χ1) is 6.20. The van der Waals surface area contributed by atoms with E-state index in [1.54, 1.807) is 0 Å². The quantitative estimate of drug-likeness (QED) is 0.637. The lowest BCUT2D eigenvalue weighted by Crippen LogP contribution is -2.09. The van der Waals surface area contributed by atoms with E-state index in [0.29, 0.717) is 0 Å². The van der Waals surface area contributed by atoms with Crippen molar-refractivity contribution in [3.05, 3.63) is 40.4 Å². The van der Waals surface area contributed by atoms with Gasteiger partial charge in [0.25, 0.3) is 0 Å². The van der Waals surface area contributed by atoms with Crippen molar-refractivity contribution in [1.82, 2.24) is 4.98 Å². The molecule has 2 rings (SSSR count). The molecule has 0 bridgehead atoms. The Balaban J connectivity index is 3.03. The molecule has 1 aromatic heterocycles. The summed E-state index contributed by atoms with van der Waals surface area (Å²) in [6.07, 6.45) is 1.30. The fourth-order valence-corrected chi connectivity index (χ4v) is 1.23. The second-order valence-corrected chi connectivity index (χ2v) is 2.74. The number of nitrogen functional groups attached to an aromatic ring is 1. The van der Waals surface area contributed by atoms with E-state index in [1.807, 2.05) is 0 Å². The van der Waals surface area contributed by atoms with Crippen LogP contribution in [0, 0.1) is 5.82 Å². The summed E-state index contributed by atoms with van der Waals surface area (Å²) in [4.78, 5) is 14.0. The van der Waals surface area contributed by atoms with Crippen LogP contribution in [-0.2, 0) is 0 Å². The molecule has 0 aliphatic carbocycles. The third-order valence-electron chi connectivity index (χ3n) is 1.89. The van der Waals surface area contributed by atoms with E-state index in [1.165, 1.54) is 24.4 Å². The highest BCUT2D eigenvalue weighted by Crippen LogP contribution is 2.12. The number of hydrogen-bond acceptors (Lipinski definition) is 2. The first-order valence-electron chi connectivity index (χ1n) is 3.75. The summed E-state index contributed by atoms with van der Waals surface area (Å²) in [6, 6.07) is 4.30. The van der Waals surface area contributed by atoms with Crippen molar-refractivity contribution >= 4 is 16.6 Å². The number of H-pyrrole nitrogens is 1. The van der Waals surface area contributed by atoms with Crippen LogP contribution >= 0.6 is 0 Å². The number of fused-ring (bicyclic) bond motifs is 1. The van der Waals surface area contributed by atoms with Gasteiger partial charge in [0.05, 0.1) is 16.6 Å². The molecule has 0 atom stereocenters. The molecule has 0 unspecified atom stereocenters. The number of para-hydroxylation sites is 1. The number of halogens is 1. The highest BCUT2D eigenvalue weighted by atomic mass is 19.1. The molecule has 13 heavy (non-hydrogen) atoms.